The van der Waals surface area contributed by atoms with Crippen molar-refractivity contribution < 1.29 is 0 Å². The fraction of sp³-hybridized carbons (Fsp3) is 0.194. The Labute approximate surface area is 225 Å². The lowest BCUT2D eigenvalue weighted by Gasteiger charge is -2.40. The maximum Gasteiger partial charge on any atom is 0.168 e. The predicted molar refractivity (Wildman–Crippen MR) is 155 cm³/mol. The second-order valence-corrected chi connectivity index (χ2v) is 10.8. The number of anilines is 1. The maximum absolute atomic E-state index is 4.71. The molecule has 3 aromatic heterocycles. The fourth-order valence-electron chi connectivity index (χ4n) is 5.65. The number of aryl methyl sites for hydroxylation is 1. The highest BCUT2D eigenvalue weighted by molar-refractivity contribution is 7.19. The average molecular weight is 517 g/mol. The number of aromatic nitrogens is 4. The Morgan fingerprint density at radius 1 is 0.763 bits per heavy atom. The van der Waals surface area contributed by atoms with Crippen LogP contribution in [0.25, 0.3) is 26.8 Å². The third-order valence-electron chi connectivity index (χ3n) is 7.57. The Morgan fingerprint density at radius 2 is 1.47 bits per heavy atom. The molecule has 0 radical (unpaired) electrons. The first-order chi connectivity index (χ1) is 18.8. The molecule has 1 atom stereocenters. The summed E-state index contributed by atoms with van der Waals surface area (Å²) < 4.78 is 3.25. The summed E-state index contributed by atoms with van der Waals surface area (Å²) >= 11 is 1.93. The van der Waals surface area contributed by atoms with Crippen LogP contribution in [-0.2, 0) is 0 Å². The van der Waals surface area contributed by atoms with Crippen molar-refractivity contribution in [3.8, 4) is 5.69 Å². The Morgan fingerprint density at radius 3 is 2.24 bits per heavy atom. The molecule has 3 aromatic carbocycles. The van der Waals surface area contributed by atoms with Gasteiger partial charge in [-0.05, 0) is 41.6 Å². The zero-order chi connectivity index (χ0) is 25.5. The van der Waals surface area contributed by atoms with E-state index in [1.165, 1.54) is 26.1 Å². The molecule has 0 aliphatic carbocycles. The maximum atomic E-state index is 4.71. The molecule has 38 heavy (non-hydrogen) atoms. The van der Waals surface area contributed by atoms with Crippen LogP contribution in [0.1, 0.15) is 22.0 Å². The highest BCUT2D eigenvalue weighted by Gasteiger charge is 2.30. The first-order valence-corrected chi connectivity index (χ1v) is 13.9. The molecule has 1 saturated heterocycles. The molecule has 1 unspecified atom stereocenters. The van der Waals surface area contributed by atoms with Gasteiger partial charge in [0.1, 0.15) is 12.1 Å². The van der Waals surface area contributed by atoms with E-state index in [1.54, 1.807) is 6.33 Å². The molecular weight excluding hydrogens is 488 g/mol. The molecular formula is C31H28N6S. The average Bonchev–Trinajstić information content (AvgIpc) is 3.56. The molecule has 4 heterocycles. The molecule has 7 rings (SSSR count). The second-order valence-electron chi connectivity index (χ2n) is 9.75. The van der Waals surface area contributed by atoms with Crippen LogP contribution in [-0.4, -0.2) is 50.8 Å². The summed E-state index contributed by atoms with van der Waals surface area (Å²) in [6, 6.07) is 30.1. The number of thiophene rings is 1. The number of hydrogen-bond donors (Lipinski definition) is 0. The normalized spacial score (nSPS) is 15.3. The van der Waals surface area contributed by atoms with Gasteiger partial charge in [0.05, 0.1) is 23.3 Å². The first-order valence-electron chi connectivity index (χ1n) is 13.0. The Balaban J connectivity index is 1.20. The zero-order valence-electron chi connectivity index (χ0n) is 21.2. The molecule has 0 saturated carbocycles. The largest absolute Gasteiger partial charge is 0.353 e. The number of para-hydroxylation sites is 1. The van der Waals surface area contributed by atoms with E-state index < -0.39 is 0 Å². The van der Waals surface area contributed by atoms with E-state index in [2.05, 4.69) is 81.4 Å². The standard InChI is InChI=1S/C31H28N6S/c1-22-25-14-8-9-15-27(25)38-29(22)28(23-10-4-2-5-11-23)35-16-18-36(19-17-35)30-26-20-34-37(31(26)33-21-32-30)24-12-6-3-7-13-24/h2-15,20-21,28H,16-19H2,1H3. The van der Waals surface area contributed by atoms with Crippen molar-refractivity contribution in [2.24, 2.45) is 0 Å². The highest BCUT2D eigenvalue weighted by Crippen LogP contribution is 2.41. The summed E-state index contributed by atoms with van der Waals surface area (Å²) in [6.45, 7) is 5.98. The van der Waals surface area contributed by atoms with Crippen molar-refractivity contribution in [2.75, 3.05) is 31.1 Å². The molecule has 0 bridgehead atoms. The second kappa shape index (κ2) is 9.67. The Hall–Kier alpha value is -4.07. The van der Waals surface area contributed by atoms with Crippen LogP contribution in [0.2, 0.25) is 0 Å². The lowest BCUT2D eigenvalue weighted by atomic mass is 9.99. The van der Waals surface area contributed by atoms with Gasteiger partial charge in [-0.2, -0.15) is 5.10 Å². The number of piperazine rings is 1. The molecule has 0 amide bonds. The summed E-state index contributed by atoms with van der Waals surface area (Å²) in [6.07, 6.45) is 3.57. The number of nitrogens with zero attached hydrogens (tertiary/aromatic N) is 6. The van der Waals surface area contributed by atoms with E-state index in [4.69, 9.17) is 4.98 Å². The van der Waals surface area contributed by atoms with Crippen LogP contribution in [0, 0.1) is 6.92 Å². The minimum Gasteiger partial charge on any atom is -0.353 e. The van der Waals surface area contributed by atoms with Gasteiger partial charge in [0.2, 0.25) is 0 Å². The van der Waals surface area contributed by atoms with E-state index in [0.29, 0.717) is 0 Å². The van der Waals surface area contributed by atoms with E-state index in [-0.39, 0.29) is 6.04 Å². The van der Waals surface area contributed by atoms with Gasteiger partial charge >= 0.3 is 0 Å². The molecule has 7 heteroatoms. The van der Waals surface area contributed by atoms with E-state index in [0.717, 1.165) is 48.7 Å². The minimum atomic E-state index is 0.238. The van der Waals surface area contributed by atoms with Gasteiger partial charge in [0.25, 0.3) is 0 Å². The lowest BCUT2D eigenvalue weighted by Crippen LogP contribution is -2.48. The molecule has 1 fully saturated rings. The molecule has 0 spiro atoms. The van der Waals surface area contributed by atoms with Gasteiger partial charge in [0, 0.05) is 35.8 Å². The smallest absolute Gasteiger partial charge is 0.168 e. The van der Waals surface area contributed by atoms with E-state index >= 15 is 0 Å². The van der Waals surface area contributed by atoms with Crippen LogP contribution in [0.3, 0.4) is 0 Å². The zero-order valence-corrected chi connectivity index (χ0v) is 22.1. The molecule has 6 nitrogen and oxygen atoms in total. The Bertz CT molecular complexity index is 1700. The van der Waals surface area contributed by atoms with Crippen molar-refractivity contribution in [3.63, 3.8) is 0 Å². The summed E-state index contributed by atoms with van der Waals surface area (Å²) in [4.78, 5) is 15.8. The van der Waals surface area contributed by atoms with Gasteiger partial charge in [0.15, 0.2) is 5.65 Å². The molecule has 1 aliphatic rings. The van der Waals surface area contributed by atoms with Gasteiger partial charge in [-0.3, -0.25) is 4.90 Å². The number of benzene rings is 3. The predicted octanol–water partition coefficient (Wildman–Crippen LogP) is 6.25. The minimum absolute atomic E-state index is 0.238. The van der Waals surface area contributed by atoms with Crippen molar-refractivity contribution in [3.05, 3.63) is 113 Å². The van der Waals surface area contributed by atoms with Gasteiger partial charge in [-0.1, -0.05) is 66.7 Å². The third-order valence-corrected chi connectivity index (χ3v) is 8.89. The quantitative estimate of drug-likeness (QED) is 0.271. The van der Waals surface area contributed by atoms with E-state index in [1.807, 2.05) is 52.5 Å². The molecule has 6 aromatic rings. The lowest BCUT2D eigenvalue weighted by molar-refractivity contribution is 0.214. The van der Waals surface area contributed by atoms with Crippen molar-refractivity contribution in [1.82, 2.24) is 24.6 Å². The SMILES string of the molecule is Cc1c(C(c2ccccc2)N2CCN(c3ncnc4c3cnn4-c3ccccc3)CC2)sc2ccccc12. The summed E-state index contributed by atoms with van der Waals surface area (Å²) in [5.41, 5.74) is 4.59. The number of hydrogen-bond acceptors (Lipinski definition) is 6. The van der Waals surface area contributed by atoms with Gasteiger partial charge < -0.3 is 4.90 Å². The van der Waals surface area contributed by atoms with Crippen molar-refractivity contribution in [1.29, 1.82) is 0 Å². The summed E-state index contributed by atoms with van der Waals surface area (Å²) in [5, 5.41) is 7.01. The Kier molecular flexibility index (Phi) is 5.87. The molecule has 188 valence electrons. The summed E-state index contributed by atoms with van der Waals surface area (Å²) in [5.74, 6) is 0.964. The van der Waals surface area contributed by atoms with Crippen molar-refractivity contribution in [2.45, 2.75) is 13.0 Å². The van der Waals surface area contributed by atoms with Crippen molar-refractivity contribution >= 4 is 38.3 Å². The van der Waals surface area contributed by atoms with Crippen LogP contribution in [0.4, 0.5) is 5.82 Å². The van der Waals surface area contributed by atoms with Crippen LogP contribution < -0.4 is 4.90 Å². The monoisotopic (exact) mass is 516 g/mol. The third kappa shape index (κ3) is 3.95. The molecule has 0 N–H and O–H groups in total. The highest BCUT2D eigenvalue weighted by atomic mass is 32.1. The first kappa shape index (κ1) is 23.1. The summed E-state index contributed by atoms with van der Waals surface area (Å²) in [7, 11) is 0. The van der Waals surface area contributed by atoms with E-state index in [9.17, 15) is 0 Å². The van der Waals surface area contributed by atoms with Gasteiger partial charge in [-0.25, -0.2) is 14.6 Å². The number of rotatable bonds is 5. The fourth-order valence-corrected chi connectivity index (χ4v) is 7.03. The van der Waals surface area contributed by atoms with Crippen LogP contribution >= 0.6 is 11.3 Å². The topological polar surface area (TPSA) is 50.1 Å². The van der Waals surface area contributed by atoms with Gasteiger partial charge in [-0.15, -0.1) is 11.3 Å². The van der Waals surface area contributed by atoms with Crippen LogP contribution in [0.5, 0.6) is 0 Å². The number of fused-ring (bicyclic) bond motifs is 2. The molecule has 1 aliphatic heterocycles. The van der Waals surface area contributed by atoms with Crippen LogP contribution in [0.15, 0.2) is 97.5 Å².